The minimum absolute atomic E-state index is 0.132. The fourth-order valence-corrected chi connectivity index (χ4v) is 4.43. The van der Waals surface area contributed by atoms with Gasteiger partial charge in [-0.2, -0.15) is 0 Å². The van der Waals surface area contributed by atoms with Crippen molar-refractivity contribution in [3.8, 4) is 5.69 Å². The number of rotatable bonds is 3. The second kappa shape index (κ2) is 7.60. The van der Waals surface area contributed by atoms with Gasteiger partial charge in [-0.05, 0) is 43.4 Å². The third-order valence-corrected chi connectivity index (χ3v) is 6.13. The molecule has 3 aliphatic rings. The number of hydrogen-bond acceptors (Lipinski definition) is 6. The van der Waals surface area contributed by atoms with Crippen LogP contribution in [0.25, 0.3) is 5.69 Å². The SMILES string of the molecule is O=C1CCC(N2Cc3ccc(-n4cc(C(=O)N5CCCCC5)nn4)cc3C2=O)C(=O)N1. The van der Waals surface area contributed by atoms with Crippen LogP contribution in [0.1, 0.15) is 58.5 Å². The lowest BCUT2D eigenvalue weighted by Crippen LogP contribution is -2.52. The van der Waals surface area contributed by atoms with E-state index in [-0.39, 0.29) is 29.8 Å². The molecule has 2 aromatic rings. The van der Waals surface area contributed by atoms with Crippen molar-refractivity contribution in [2.24, 2.45) is 0 Å². The van der Waals surface area contributed by atoms with E-state index in [0.29, 0.717) is 24.2 Å². The molecule has 3 aliphatic heterocycles. The molecule has 0 saturated carbocycles. The van der Waals surface area contributed by atoms with Crippen LogP contribution in [0.15, 0.2) is 24.4 Å². The highest BCUT2D eigenvalue weighted by Crippen LogP contribution is 2.29. The number of piperidine rings is 2. The number of carbonyl (C=O) groups excluding carboxylic acids is 4. The third-order valence-electron chi connectivity index (χ3n) is 6.13. The van der Waals surface area contributed by atoms with Gasteiger partial charge in [-0.15, -0.1) is 5.10 Å². The number of fused-ring (bicyclic) bond motifs is 1. The number of nitrogens with one attached hydrogen (secondary N) is 1. The molecule has 1 atom stereocenters. The van der Waals surface area contributed by atoms with Crippen LogP contribution in [-0.2, 0) is 16.1 Å². The van der Waals surface area contributed by atoms with Crippen molar-refractivity contribution in [1.29, 1.82) is 0 Å². The lowest BCUT2D eigenvalue weighted by Gasteiger charge is -2.29. The van der Waals surface area contributed by atoms with E-state index in [1.807, 2.05) is 12.1 Å². The molecule has 10 nitrogen and oxygen atoms in total. The van der Waals surface area contributed by atoms with Crippen LogP contribution >= 0.6 is 0 Å². The Morgan fingerprint density at radius 3 is 2.68 bits per heavy atom. The standard InChI is InChI=1S/C21H22N6O4/c28-18-7-6-17(19(29)22-18)26-11-13-4-5-14(10-15(13)20(26)30)27-12-16(23-24-27)21(31)25-8-2-1-3-9-25/h4-5,10,12,17H,1-3,6-9,11H2,(H,22,28,29). The summed E-state index contributed by atoms with van der Waals surface area (Å²) in [4.78, 5) is 52.5. The fourth-order valence-electron chi connectivity index (χ4n) is 4.43. The van der Waals surface area contributed by atoms with E-state index in [0.717, 1.165) is 37.9 Å². The zero-order valence-corrected chi connectivity index (χ0v) is 16.9. The minimum atomic E-state index is -0.652. The van der Waals surface area contributed by atoms with Crippen molar-refractivity contribution in [2.45, 2.75) is 44.7 Å². The van der Waals surface area contributed by atoms with Crippen LogP contribution in [0.2, 0.25) is 0 Å². The zero-order valence-electron chi connectivity index (χ0n) is 16.9. The van der Waals surface area contributed by atoms with Gasteiger partial charge in [0.25, 0.3) is 11.8 Å². The molecule has 4 heterocycles. The highest BCUT2D eigenvalue weighted by molar-refractivity contribution is 6.05. The molecule has 10 heteroatoms. The number of carbonyl (C=O) groups is 4. The van der Waals surface area contributed by atoms with E-state index in [1.165, 1.54) is 9.58 Å². The first-order valence-electron chi connectivity index (χ1n) is 10.5. The number of likely N-dealkylation sites (tertiary alicyclic amines) is 1. The lowest BCUT2D eigenvalue weighted by molar-refractivity contribution is -0.136. The summed E-state index contributed by atoms with van der Waals surface area (Å²) in [5.41, 5.74) is 2.19. The van der Waals surface area contributed by atoms with Crippen LogP contribution in [0.4, 0.5) is 0 Å². The van der Waals surface area contributed by atoms with Crippen molar-refractivity contribution in [1.82, 2.24) is 30.1 Å². The van der Waals surface area contributed by atoms with Crippen LogP contribution in [0.5, 0.6) is 0 Å². The van der Waals surface area contributed by atoms with E-state index in [1.54, 1.807) is 17.2 Å². The molecule has 2 saturated heterocycles. The van der Waals surface area contributed by atoms with E-state index in [9.17, 15) is 19.2 Å². The zero-order chi connectivity index (χ0) is 21.5. The first-order valence-corrected chi connectivity index (χ1v) is 10.5. The molecule has 1 unspecified atom stereocenters. The monoisotopic (exact) mass is 422 g/mol. The molecule has 2 fully saturated rings. The molecule has 31 heavy (non-hydrogen) atoms. The summed E-state index contributed by atoms with van der Waals surface area (Å²) in [5.74, 6) is -1.13. The van der Waals surface area contributed by atoms with E-state index in [4.69, 9.17) is 0 Å². The van der Waals surface area contributed by atoms with E-state index in [2.05, 4.69) is 15.6 Å². The number of imide groups is 1. The van der Waals surface area contributed by atoms with Gasteiger partial charge in [-0.1, -0.05) is 11.3 Å². The average molecular weight is 422 g/mol. The van der Waals surface area contributed by atoms with Crippen molar-refractivity contribution in [3.05, 3.63) is 41.2 Å². The smallest absolute Gasteiger partial charge is 0.276 e. The number of aromatic nitrogens is 3. The number of benzene rings is 1. The molecule has 160 valence electrons. The molecule has 4 amide bonds. The summed E-state index contributed by atoms with van der Waals surface area (Å²) >= 11 is 0. The Balaban J connectivity index is 1.35. The predicted octanol–water partition coefficient (Wildman–Crippen LogP) is 0.654. The van der Waals surface area contributed by atoms with Gasteiger partial charge < -0.3 is 9.80 Å². The summed E-state index contributed by atoms with van der Waals surface area (Å²) in [6, 6.07) is 4.68. The Bertz CT molecular complexity index is 1090. The Morgan fingerprint density at radius 2 is 1.90 bits per heavy atom. The summed E-state index contributed by atoms with van der Waals surface area (Å²) in [6.45, 7) is 1.78. The molecular formula is C21H22N6O4. The summed E-state index contributed by atoms with van der Waals surface area (Å²) in [5, 5.41) is 10.4. The van der Waals surface area contributed by atoms with Crippen LogP contribution in [-0.4, -0.2) is 67.6 Å². The van der Waals surface area contributed by atoms with Gasteiger partial charge in [0.05, 0.1) is 11.9 Å². The second-order valence-electron chi connectivity index (χ2n) is 8.14. The fraction of sp³-hybridized carbons (Fsp3) is 0.429. The molecular weight excluding hydrogens is 400 g/mol. The van der Waals surface area contributed by atoms with Crippen LogP contribution in [0.3, 0.4) is 0 Å². The molecule has 0 aliphatic carbocycles. The molecule has 0 radical (unpaired) electrons. The molecule has 0 spiro atoms. The highest BCUT2D eigenvalue weighted by Gasteiger charge is 2.39. The molecule has 1 N–H and O–H groups in total. The van der Waals surface area contributed by atoms with E-state index >= 15 is 0 Å². The highest BCUT2D eigenvalue weighted by atomic mass is 16.2. The maximum absolute atomic E-state index is 13.0. The first-order chi connectivity index (χ1) is 15.0. The van der Waals surface area contributed by atoms with Gasteiger partial charge in [-0.25, -0.2) is 4.68 Å². The first kappa shape index (κ1) is 19.4. The quantitative estimate of drug-likeness (QED) is 0.726. The normalized spacial score (nSPS) is 21.3. The number of hydrogen-bond donors (Lipinski definition) is 1. The number of nitrogens with zero attached hydrogens (tertiary/aromatic N) is 5. The maximum atomic E-state index is 13.0. The van der Waals surface area contributed by atoms with Gasteiger partial charge in [0.15, 0.2) is 5.69 Å². The van der Waals surface area contributed by atoms with Crippen LogP contribution < -0.4 is 5.32 Å². The van der Waals surface area contributed by atoms with Gasteiger partial charge in [0, 0.05) is 31.6 Å². The summed E-state index contributed by atoms with van der Waals surface area (Å²) < 4.78 is 1.49. The van der Waals surface area contributed by atoms with Gasteiger partial charge in [0.2, 0.25) is 11.8 Å². The average Bonchev–Trinajstić information content (AvgIpc) is 3.39. The summed E-state index contributed by atoms with van der Waals surface area (Å²) in [7, 11) is 0. The van der Waals surface area contributed by atoms with Crippen LogP contribution in [0, 0.1) is 0 Å². The van der Waals surface area contributed by atoms with Crippen molar-refractivity contribution < 1.29 is 19.2 Å². The largest absolute Gasteiger partial charge is 0.337 e. The van der Waals surface area contributed by atoms with Crippen molar-refractivity contribution in [2.75, 3.05) is 13.1 Å². The maximum Gasteiger partial charge on any atom is 0.276 e. The van der Waals surface area contributed by atoms with Gasteiger partial charge in [-0.3, -0.25) is 24.5 Å². The van der Waals surface area contributed by atoms with Gasteiger partial charge in [0.1, 0.15) is 6.04 Å². The topological polar surface area (TPSA) is 118 Å². The van der Waals surface area contributed by atoms with E-state index < -0.39 is 11.9 Å². The van der Waals surface area contributed by atoms with Crippen molar-refractivity contribution in [3.63, 3.8) is 0 Å². The molecule has 0 bridgehead atoms. The molecule has 5 rings (SSSR count). The third kappa shape index (κ3) is 3.47. The molecule has 1 aromatic carbocycles. The Kier molecular flexibility index (Phi) is 4.76. The van der Waals surface area contributed by atoms with Crippen molar-refractivity contribution >= 4 is 23.6 Å². The Labute approximate surface area is 178 Å². The van der Waals surface area contributed by atoms with Gasteiger partial charge >= 0.3 is 0 Å². The number of amides is 4. The lowest BCUT2D eigenvalue weighted by atomic mass is 10.0. The molecule has 1 aromatic heterocycles. The Hall–Kier alpha value is -3.56. The second-order valence-corrected chi connectivity index (χ2v) is 8.14. The predicted molar refractivity (Wildman–Crippen MR) is 107 cm³/mol. The Morgan fingerprint density at radius 1 is 1.10 bits per heavy atom. The summed E-state index contributed by atoms with van der Waals surface area (Å²) in [6.07, 6.45) is 5.25. The minimum Gasteiger partial charge on any atom is -0.337 e.